The van der Waals surface area contributed by atoms with E-state index in [9.17, 15) is 9.59 Å². The number of nitrogens with one attached hydrogen (secondary N) is 1. The average molecular weight is 278 g/mol. The number of rotatable bonds is 4. The Labute approximate surface area is 117 Å². The summed E-state index contributed by atoms with van der Waals surface area (Å²) < 4.78 is 9.66. The van der Waals surface area contributed by atoms with Gasteiger partial charge in [0, 0.05) is 0 Å². The van der Waals surface area contributed by atoms with Gasteiger partial charge in [0.05, 0.1) is 18.8 Å². The fraction of sp³-hybridized carbons (Fsp3) is 0.429. The largest absolute Gasteiger partial charge is 0.508 e. The molecule has 1 amide bonds. The molecule has 1 aromatic rings. The normalized spacial score (nSPS) is 21.5. The fourth-order valence-electron chi connectivity index (χ4n) is 1.97. The van der Waals surface area contributed by atoms with Crippen molar-refractivity contribution in [3.05, 3.63) is 30.3 Å². The standard InChI is InChI=1S/C14H18N2O4/c1-3-19-13(18)20-10-14(2)9-16(15-12(14)17)11-7-5-4-6-8-11/h4-8H,3,9-10H2,1-2H3,(H,15,17). The topological polar surface area (TPSA) is 67.9 Å². The number of hydrogen-bond acceptors (Lipinski definition) is 5. The first-order chi connectivity index (χ1) is 9.55. The average Bonchev–Trinajstić information content (AvgIpc) is 2.75. The molecule has 0 bridgehead atoms. The van der Waals surface area contributed by atoms with E-state index in [1.807, 2.05) is 30.3 Å². The summed E-state index contributed by atoms with van der Waals surface area (Å²) in [4.78, 5) is 23.3. The number of amides is 1. The van der Waals surface area contributed by atoms with Crippen molar-refractivity contribution in [3.8, 4) is 0 Å². The molecule has 0 spiro atoms. The molecule has 0 saturated carbocycles. The minimum Gasteiger partial charge on any atom is -0.435 e. The fourth-order valence-corrected chi connectivity index (χ4v) is 1.97. The van der Waals surface area contributed by atoms with E-state index < -0.39 is 11.6 Å². The van der Waals surface area contributed by atoms with E-state index in [-0.39, 0.29) is 19.1 Å². The quantitative estimate of drug-likeness (QED) is 0.849. The molecule has 1 atom stereocenters. The maximum Gasteiger partial charge on any atom is 0.508 e. The molecule has 1 unspecified atom stereocenters. The zero-order valence-corrected chi connectivity index (χ0v) is 11.6. The molecule has 6 nitrogen and oxygen atoms in total. The number of hydrazine groups is 1. The van der Waals surface area contributed by atoms with Gasteiger partial charge >= 0.3 is 6.16 Å². The van der Waals surface area contributed by atoms with Crippen molar-refractivity contribution in [1.29, 1.82) is 0 Å². The lowest BCUT2D eigenvalue weighted by Gasteiger charge is -2.21. The van der Waals surface area contributed by atoms with Gasteiger partial charge in [0.2, 0.25) is 5.91 Å². The summed E-state index contributed by atoms with van der Waals surface area (Å²) in [7, 11) is 0. The molecule has 0 aromatic heterocycles. The molecular weight excluding hydrogens is 260 g/mol. The second-order valence-corrected chi connectivity index (χ2v) is 4.89. The first kappa shape index (κ1) is 14.2. The summed E-state index contributed by atoms with van der Waals surface area (Å²) in [6.45, 7) is 4.11. The van der Waals surface area contributed by atoms with Crippen molar-refractivity contribution in [2.24, 2.45) is 5.41 Å². The van der Waals surface area contributed by atoms with Crippen LogP contribution in [0.3, 0.4) is 0 Å². The van der Waals surface area contributed by atoms with Gasteiger partial charge in [-0.1, -0.05) is 18.2 Å². The van der Waals surface area contributed by atoms with Crippen molar-refractivity contribution >= 4 is 17.7 Å². The summed E-state index contributed by atoms with van der Waals surface area (Å²) in [5.74, 6) is -0.175. The lowest BCUT2D eigenvalue weighted by atomic mass is 9.92. The molecule has 6 heteroatoms. The van der Waals surface area contributed by atoms with Crippen molar-refractivity contribution in [2.45, 2.75) is 13.8 Å². The van der Waals surface area contributed by atoms with Gasteiger partial charge in [-0.15, -0.1) is 0 Å². The summed E-state index contributed by atoms with van der Waals surface area (Å²) in [6, 6.07) is 9.50. The Morgan fingerprint density at radius 3 is 2.70 bits per heavy atom. The van der Waals surface area contributed by atoms with Crippen LogP contribution < -0.4 is 10.4 Å². The molecule has 1 aromatic carbocycles. The molecule has 1 fully saturated rings. The van der Waals surface area contributed by atoms with Crippen LogP contribution in [0.25, 0.3) is 0 Å². The monoisotopic (exact) mass is 278 g/mol. The zero-order valence-electron chi connectivity index (χ0n) is 11.6. The van der Waals surface area contributed by atoms with Gasteiger partial charge in [0.1, 0.15) is 12.0 Å². The molecule has 1 aliphatic rings. The van der Waals surface area contributed by atoms with Gasteiger partial charge in [0.25, 0.3) is 0 Å². The number of hydrogen-bond donors (Lipinski definition) is 1. The Hall–Kier alpha value is -2.24. The van der Waals surface area contributed by atoms with Crippen LogP contribution in [0, 0.1) is 5.41 Å². The highest BCUT2D eigenvalue weighted by Crippen LogP contribution is 2.27. The third-order valence-electron chi connectivity index (χ3n) is 3.13. The third kappa shape index (κ3) is 3.01. The van der Waals surface area contributed by atoms with E-state index in [0.29, 0.717) is 6.54 Å². The van der Waals surface area contributed by atoms with Crippen molar-refractivity contribution in [1.82, 2.24) is 5.43 Å². The highest BCUT2D eigenvalue weighted by molar-refractivity contribution is 5.88. The Balaban J connectivity index is 1.99. The summed E-state index contributed by atoms with van der Waals surface area (Å²) in [6.07, 6.45) is -0.750. The minimum absolute atomic E-state index is 0.0129. The van der Waals surface area contributed by atoms with E-state index in [4.69, 9.17) is 4.74 Å². The van der Waals surface area contributed by atoms with E-state index in [0.717, 1.165) is 5.69 Å². The second kappa shape index (κ2) is 5.81. The Bertz CT molecular complexity index is 491. The van der Waals surface area contributed by atoms with E-state index >= 15 is 0 Å². The summed E-state index contributed by atoms with van der Waals surface area (Å²) in [5, 5.41) is 1.75. The number of nitrogens with zero attached hydrogens (tertiary/aromatic N) is 1. The number of carbonyl (C=O) groups is 2. The number of carbonyl (C=O) groups excluding carboxylic acids is 2. The van der Waals surface area contributed by atoms with Crippen LogP contribution in [-0.4, -0.2) is 31.8 Å². The van der Waals surface area contributed by atoms with Crippen molar-refractivity contribution in [2.75, 3.05) is 24.8 Å². The highest BCUT2D eigenvalue weighted by atomic mass is 16.7. The molecule has 2 rings (SSSR count). The van der Waals surface area contributed by atoms with Gasteiger partial charge in [-0.05, 0) is 26.0 Å². The molecule has 1 aliphatic heterocycles. The highest BCUT2D eigenvalue weighted by Gasteiger charge is 2.43. The van der Waals surface area contributed by atoms with E-state index in [1.165, 1.54) is 0 Å². The zero-order chi connectivity index (χ0) is 14.6. The summed E-state index contributed by atoms with van der Waals surface area (Å²) >= 11 is 0. The predicted octanol–water partition coefficient (Wildman–Crippen LogP) is 1.72. The van der Waals surface area contributed by atoms with E-state index in [1.54, 1.807) is 18.9 Å². The van der Waals surface area contributed by atoms with Gasteiger partial charge in [-0.2, -0.15) is 0 Å². The number of benzene rings is 1. The molecule has 1 saturated heterocycles. The molecular formula is C14H18N2O4. The van der Waals surface area contributed by atoms with Crippen LogP contribution in [0.5, 0.6) is 0 Å². The molecule has 1 N–H and O–H groups in total. The number of anilines is 1. The first-order valence-corrected chi connectivity index (χ1v) is 6.48. The molecule has 108 valence electrons. The molecule has 0 radical (unpaired) electrons. The van der Waals surface area contributed by atoms with Crippen LogP contribution in [-0.2, 0) is 14.3 Å². The van der Waals surface area contributed by atoms with Crippen LogP contribution in [0.4, 0.5) is 10.5 Å². The van der Waals surface area contributed by atoms with Crippen molar-refractivity contribution in [3.63, 3.8) is 0 Å². The Morgan fingerprint density at radius 2 is 2.05 bits per heavy atom. The molecule has 20 heavy (non-hydrogen) atoms. The van der Waals surface area contributed by atoms with E-state index in [2.05, 4.69) is 10.2 Å². The lowest BCUT2D eigenvalue weighted by Crippen LogP contribution is -2.35. The predicted molar refractivity (Wildman–Crippen MR) is 73.0 cm³/mol. The lowest BCUT2D eigenvalue weighted by molar-refractivity contribution is -0.128. The maximum absolute atomic E-state index is 12.1. The van der Waals surface area contributed by atoms with Crippen LogP contribution >= 0.6 is 0 Å². The van der Waals surface area contributed by atoms with Crippen LogP contribution in [0.2, 0.25) is 0 Å². The van der Waals surface area contributed by atoms with Gasteiger partial charge in [-0.25, -0.2) is 4.79 Å². The Morgan fingerprint density at radius 1 is 1.35 bits per heavy atom. The maximum atomic E-state index is 12.1. The summed E-state index contributed by atoms with van der Waals surface area (Å²) in [5.41, 5.74) is 2.88. The molecule has 0 aliphatic carbocycles. The van der Waals surface area contributed by atoms with Gasteiger partial charge < -0.3 is 9.47 Å². The first-order valence-electron chi connectivity index (χ1n) is 6.48. The minimum atomic E-state index is -0.789. The number of ether oxygens (including phenoxy) is 2. The van der Waals surface area contributed by atoms with Gasteiger partial charge in [0.15, 0.2) is 0 Å². The van der Waals surface area contributed by atoms with Crippen LogP contribution in [0.15, 0.2) is 30.3 Å². The SMILES string of the molecule is CCOC(=O)OCC1(C)CN(c2ccccc2)NC1=O. The second-order valence-electron chi connectivity index (χ2n) is 4.89. The third-order valence-corrected chi connectivity index (χ3v) is 3.13. The van der Waals surface area contributed by atoms with Crippen molar-refractivity contribution < 1.29 is 19.1 Å². The number of para-hydroxylation sites is 1. The molecule has 1 heterocycles. The van der Waals surface area contributed by atoms with Crippen LogP contribution in [0.1, 0.15) is 13.8 Å². The smallest absolute Gasteiger partial charge is 0.435 e. The Kier molecular flexibility index (Phi) is 4.12. The van der Waals surface area contributed by atoms with Gasteiger partial charge in [-0.3, -0.25) is 15.2 Å².